The van der Waals surface area contributed by atoms with Crippen LogP contribution in [0.5, 0.6) is 5.75 Å². The van der Waals surface area contributed by atoms with Gasteiger partial charge in [-0.3, -0.25) is 4.79 Å². The van der Waals surface area contributed by atoms with Gasteiger partial charge >= 0.3 is 0 Å². The van der Waals surface area contributed by atoms with Crippen LogP contribution in [0.4, 0.5) is 5.69 Å². The lowest BCUT2D eigenvalue weighted by Crippen LogP contribution is -2.15. The zero-order valence-corrected chi connectivity index (χ0v) is 19.6. The molecule has 4 aromatic rings. The van der Waals surface area contributed by atoms with Crippen LogP contribution in [0.1, 0.15) is 5.56 Å². The van der Waals surface area contributed by atoms with Crippen LogP contribution in [0.2, 0.25) is 0 Å². The summed E-state index contributed by atoms with van der Waals surface area (Å²) in [7, 11) is 3.46. The van der Waals surface area contributed by atoms with Gasteiger partial charge in [0.1, 0.15) is 0 Å². The fraction of sp³-hybridized carbons (Fsp3) is 0.190. The van der Waals surface area contributed by atoms with Crippen LogP contribution in [0.15, 0.2) is 52.0 Å². The van der Waals surface area contributed by atoms with Crippen molar-refractivity contribution >= 4 is 56.9 Å². The lowest BCUT2D eigenvalue weighted by Gasteiger charge is -2.08. The number of para-hydroxylation sites is 1. The third kappa shape index (κ3) is 4.17. The smallest absolute Gasteiger partial charge is 0.234 e. The van der Waals surface area contributed by atoms with Crippen molar-refractivity contribution in [2.24, 2.45) is 7.05 Å². The molecule has 0 saturated carbocycles. The molecule has 0 atom stereocenters. The molecule has 0 spiro atoms. The second-order valence-electron chi connectivity index (χ2n) is 6.65. The Morgan fingerprint density at radius 2 is 2.10 bits per heavy atom. The van der Waals surface area contributed by atoms with Crippen molar-refractivity contribution in [1.82, 2.24) is 14.8 Å². The summed E-state index contributed by atoms with van der Waals surface area (Å²) in [4.78, 5) is 12.4. The van der Waals surface area contributed by atoms with Crippen LogP contribution in [0.25, 0.3) is 22.6 Å². The van der Waals surface area contributed by atoms with E-state index in [-0.39, 0.29) is 11.7 Å². The lowest BCUT2D eigenvalue weighted by atomic mass is 10.2. The highest BCUT2D eigenvalue weighted by Gasteiger charge is 2.18. The predicted octanol–water partition coefficient (Wildman–Crippen LogP) is 4.88. The van der Waals surface area contributed by atoms with Gasteiger partial charge < -0.3 is 19.0 Å². The zero-order chi connectivity index (χ0) is 21.3. The number of thioether (sulfide) groups is 1. The molecule has 0 fully saturated rings. The molecule has 0 radical (unpaired) electrons. The van der Waals surface area contributed by atoms with Gasteiger partial charge in [0, 0.05) is 21.7 Å². The summed E-state index contributed by atoms with van der Waals surface area (Å²) in [5, 5.41) is 13.0. The fourth-order valence-corrected chi connectivity index (χ4v) is 4.40. The van der Waals surface area contributed by atoms with E-state index >= 15 is 0 Å². The Morgan fingerprint density at radius 1 is 1.27 bits per heavy atom. The van der Waals surface area contributed by atoms with Gasteiger partial charge in [0.15, 0.2) is 28.1 Å². The first-order valence-electron chi connectivity index (χ1n) is 9.11. The molecule has 0 aliphatic rings. The molecule has 0 unspecified atom stereocenters. The number of carbonyl (C=O) groups excluding carboxylic acids is 1. The van der Waals surface area contributed by atoms with Crippen LogP contribution in [-0.4, -0.2) is 33.5 Å². The molecular formula is C21H19IN4O3S. The molecule has 0 saturated heterocycles. The van der Waals surface area contributed by atoms with E-state index in [1.807, 2.05) is 61.0 Å². The molecule has 154 valence electrons. The number of furan rings is 1. The Morgan fingerprint density at radius 3 is 2.87 bits per heavy atom. The Bertz CT molecular complexity index is 1230. The third-order valence-electron chi connectivity index (χ3n) is 4.58. The first-order valence-corrected chi connectivity index (χ1v) is 11.2. The average Bonchev–Trinajstić information content (AvgIpc) is 3.31. The minimum absolute atomic E-state index is 0.0951. The van der Waals surface area contributed by atoms with Gasteiger partial charge in [-0.1, -0.05) is 23.9 Å². The van der Waals surface area contributed by atoms with Crippen LogP contribution in [0.3, 0.4) is 0 Å². The quantitative estimate of drug-likeness (QED) is 0.281. The van der Waals surface area contributed by atoms with E-state index in [0.717, 1.165) is 20.2 Å². The molecule has 7 nitrogen and oxygen atoms in total. The molecular weight excluding hydrogens is 515 g/mol. The Balaban J connectivity index is 1.48. The molecule has 2 aromatic heterocycles. The molecule has 1 N–H and O–H groups in total. The number of aryl methyl sites for hydroxylation is 1. The first kappa shape index (κ1) is 20.7. The number of aromatic nitrogens is 3. The number of amides is 1. The number of nitrogens with zero attached hydrogens (tertiary/aromatic N) is 3. The minimum Gasteiger partial charge on any atom is -0.493 e. The maximum Gasteiger partial charge on any atom is 0.234 e. The number of hydrogen-bond acceptors (Lipinski definition) is 6. The van der Waals surface area contributed by atoms with Crippen molar-refractivity contribution in [3.05, 3.63) is 51.6 Å². The number of anilines is 1. The number of rotatable bonds is 6. The van der Waals surface area contributed by atoms with Crippen LogP contribution < -0.4 is 10.1 Å². The van der Waals surface area contributed by atoms with Gasteiger partial charge in [0.25, 0.3) is 0 Å². The molecule has 30 heavy (non-hydrogen) atoms. The number of halogens is 1. The second-order valence-corrected chi connectivity index (χ2v) is 8.84. The second kappa shape index (κ2) is 8.68. The van der Waals surface area contributed by atoms with E-state index in [9.17, 15) is 4.79 Å². The summed E-state index contributed by atoms with van der Waals surface area (Å²) >= 11 is 3.57. The molecule has 2 aromatic carbocycles. The summed E-state index contributed by atoms with van der Waals surface area (Å²) in [5.41, 5.74) is 2.51. The topological polar surface area (TPSA) is 82.2 Å². The molecule has 0 aliphatic heterocycles. The van der Waals surface area contributed by atoms with E-state index in [0.29, 0.717) is 28.1 Å². The van der Waals surface area contributed by atoms with Crippen molar-refractivity contribution in [3.8, 4) is 17.3 Å². The number of methoxy groups -OCH3 is 1. The minimum atomic E-state index is -0.0951. The monoisotopic (exact) mass is 534 g/mol. The molecule has 4 rings (SSSR count). The summed E-state index contributed by atoms with van der Waals surface area (Å²) < 4.78 is 14.3. The van der Waals surface area contributed by atoms with Gasteiger partial charge in [-0.05, 0) is 65.4 Å². The Labute approximate surface area is 191 Å². The molecule has 0 bridgehead atoms. The van der Waals surface area contributed by atoms with Gasteiger partial charge in [0.2, 0.25) is 5.91 Å². The van der Waals surface area contributed by atoms with Crippen LogP contribution in [-0.2, 0) is 11.8 Å². The molecule has 1 amide bonds. The van der Waals surface area contributed by atoms with E-state index in [4.69, 9.17) is 9.15 Å². The predicted molar refractivity (Wildman–Crippen MR) is 126 cm³/mol. The number of hydrogen-bond donors (Lipinski definition) is 1. The highest BCUT2D eigenvalue weighted by molar-refractivity contribution is 14.1. The van der Waals surface area contributed by atoms with E-state index in [1.165, 1.54) is 11.8 Å². The van der Waals surface area contributed by atoms with Gasteiger partial charge in [-0.15, -0.1) is 10.2 Å². The summed E-state index contributed by atoms with van der Waals surface area (Å²) in [6.07, 6.45) is 0. The maximum atomic E-state index is 12.4. The summed E-state index contributed by atoms with van der Waals surface area (Å²) in [6, 6.07) is 13.5. The highest BCUT2D eigenvalue weighted by atomic mass is 127. The zero-order valence-electron chi connectivity index (χ0n) is 16.6. The van der Waals surface area contributed by atoms with Gasteiger partial charge in [-0.25, -0.2) is 0 Å². The van der Waals surface area contributed by atoms with E-state index in [2.05, 4.69) is 38.1 Å². The normalized spacial score (nSPS) is 11.1. The highest BCUT2D eigenvalue weighted by Crippen LogP contribution is 2.33. The van der Waals surface area contributed by atoms with Crippen molar-refractivity contribution in [2.45, 2.75) is 12.1 Å². The van der Waals surface area contributed by atoms with Gasteiger partial charge in [0.05, 0.1) is 12.9 Å². The Kier molecular flexibility index (Phi) is 6.00. The summed E-state index contributed by atoms with van der Waals surface area (Å²) in [5.74, 6) is 1.98. The number of nitrogens with one attached hydrogen (secondary N) is 1. The first-order chi connectivity index (χ1) is 14.5. The van der Waals surface area contributed by atoms with Crippen molar-refractivity contribution in [1.29, 1.82) is 0 Å². The van der Waals surface area contributed by atoms with Crippen molar-refractivity contribution in [2.75, 3.05) is 18.2 Å². The average molecular weight is 534 g/mol. The van der Waals surface area contributed by atoms with Crippen molar-refractivity contribution in [3.63, 3.8) is 0 Å². The molecule has 0 aliphatic carbocycles. The van der Waals surface area contributed by atoms with Crippen LogP contribution >= 0.6 is 34.4 Å². The number of fused-ring (bicyclic) bond motifs is 1. The number of carbonyl (C=O) groups is 1. The number of benzene rings is 2. The molecule has 9 heteroatoms. The number of ether oxygens (including phenoxy) is 1. The molecule has 2 heterocycles. The summed E-state index contributed by atoms with van der Waals surface area (Å²) in [6.45, 7) is 1.97. The van der Waals surface area contributed by atoms with Crippen molar-refractivity contribution < 1.29 is 13.9 Å². The standard InChI is InChI=1S/C21H19IN4O3S/c1-12-9-14(22)7-8-15(12)23-18(27)11-30-21-25-24-20(26(21)2)17-10-13-5-4-6-16(28-3)19(13)29-17/h4-10H,11H2,1-3H3,(H,23,27). The van der Waals surface area contributed by atoms with Crippen LogP contribution in [0, 0.1) is 10.5 Å². The van der Waals surface area contributed by atoms with Gasteiger partial charge in [-0.2, -0.15) is 0 Å². The SMILES string of the molecule is COc1cccc2cc(-c3nnc(SCC(=O)Nc4ccc(I)cc4C)n3C)oc12. The van der Waals surface area contributed by atoms with E-state index < -0.39 is 0 Å². The maximum absolute atomic E-state index is 12.4. The van der Waals surface area contributed by atoms with E-state index in [1.54, 1.807) is 7.11 Å². The Hall–Kier alpha value is -2.53. The largest absolute Gasteiger partial charge is 0.493 e. The fourth-order valence-electron chi connectivity index (χ4n) is 3.05. The lowest BCUT2D eigenvalue weighted by molar-refractivity contribution is -0.113. The third-order valence-corrected chi connectivity index (χ3v) is 6.27.